The first-order valence-electron chi connectivity index (χ1n) is 9.92. The largest absolute Gasteiger partial charge is 0.342 e. The quantitative estimate of drug-likeness (QED) is 0.509. The minimum Gasteiger partial charge on any atom is -0.342 e. The number of likely N-dealkylation sites (N-methyl/N-ethyl adjacent to an activating group) is 1. The van der Waals surface area contributed by atoms with Crippen LogP contribution in [0.15, 0.2) is 65.6 Å². The van der Waals surface area contributed by atoms with Crippen molar-refractivity contribution in [3.63, 3.8) is 0 Å². The van der Waals surface area contributed by atoms with Crippen molar-refractivity contribution in [2.45, 2.75) is 26.9 Å². The zero-order valence-corrected chi connectivity index (χ0v) is 16.7. The highest BCUT2D eigenvalue weighted by molar-refractivity contribution is 6.07. The average Bonchev–Trinajstić information content (AvgIpc) is 3.06. The minimum absolute atomic E-state index is 0.0523. The highest BCUT2D eigenvalue weighted by Crippen LogP contribution is 2.27. The van der Waals surface area contributed by atoms with E-state index in [1.165, 1.54) is 4.68 Å². The summed E-state index contributed by atoms with van der Waals surface area (Å²) in [5.41, 5.74) is 2.43. The summed E-state index contributed by atoms with van der Waals surface area (Å²) in [6, 6.07) is 18.0. The lowest BCUT2D eigenvalue weighted by atomic mass is 10.2. The van der Waals surface area contributed by atoms with Crippen molar-refractivity contribution in [3.05, 3.63) is 76.7 Å². The van der Waals surface area contributed by atoms with Crippen molar-refractivity contribution in [3.8, 4) is 0 Å². The van der Waals surface area contributed by atoms with Gasteiger partial charge in [-0.15, -0.1) is 0 Å². The molecule has 2 aromatic heterocycles. The van der Waals surface area contributed by atoms with Gasteiger partial charge in [0, 0.05) is 35.9 Å². The molecule has 6 nitrogen and oxygen atoms in total. The molecule has 0 aliphatic rings. The number of rotatable bonds is 6. The van der Waals surface area contributed by atoms with Gasteiger partial charge in [0.15, 0.2) is 0 Å². The van der Waals surface area contributed by atoms with Crippen LogP contribution in [0.4, 0.5) is 0 Å². The van der Waals surface area contributed by atoms with E-state index in [2.05, 4.69) is 5.10 Å². The van der Waals surface area contributed by atoms with Gasteiger partial charge in [0.05, 0.1) is 6.20 Å². The summed E-state index contributed by atoms with van der Waals surface area (Å²) in [6.07, 6.45) is 1.70. The van der Waals surface area contributed by atoms with E-state index in [0.29, 0.717) is 25.2 Å². The molecule has 0 spiro atoms. The Labute approximate surface area is 169 Å². The van der Waals surface area contributed by atoms with Crippen molar-refractivity contribution in [2.75, 3.05) is 13.1 Å². The monoisotopic (exact) mass is 388 g/mol. The Bertz CT molecular complexity index is 1220. The highest BCUT2D eigenvalue weighted by atomic mass is 16.2. The number of benzene rings is 2. The molecule has 0 N–H and O–H groups in total. The van der Waals surface area contributed by atoms with Crippen LogP contribution in [0.3, 0.4) is 0 Å². The zero-order chi connectivity index (χ0) is 20.4. The molecule has 29 heavy (non-hydrogen) atoms. The van der Waals surface area contributed by atoms with Gasteiger partial charge in [-0.1, -0.05) is 48.5 Å². The van der Waals surface area contributed by atoms with E-state index in [-0.39, 0.29) is 18.0 Å². The Hall–Kier alpha value is -3.41. The first-order valence-corrected chi connectivity index (χ1v) is 9.92. The number of hydrogen-bond acceptors (Lipinski definition) is 3. The first kappa shape index (κ1) is 18.9. The topological polar surface area (TPSA) is 60.1 Å². The summed E-state index contributed by atoms with van der Waals surface area (Å²) in [5.74, 6) is -0.102. The molecule has 6 heteroatoms. The Morgan fingerprint density at radius 3 is 2.38 bits per heavy atom. The smallest absolute Gasteiger partial charge is 0.291 e. The summed E-state index contributed by atoms with van der Waals surface area (Å²) in [6.45, 7) is 5.61. The van der Waals surface area contributed by atoms with Crippen LogP contribution in [0.1, 0.15) is 19.4 Å². The molecular formula is C23H24N4O2. The van der Waals surface area contributed by atoms with Gasteiger partial charge >= 0.3 is 0 Å². The molecule has 0 radical (unpaired) electrons. The van der Waals surface area contributed by atoms with Gasteiger partial charge in [0.25, 0.3) is 5.56 Å². The van der Waals surface area contributed by atoms with Crippen LogP contribution in [0.5, 0.6) is 0 Å². The standard InChI is InChI=1S/C23H24N4O2/c1-3-25(4-2)21(28)16-27-23(29)22-19(14-24-27)18-12-8-9-13-20(18)26(22)15-17-10-6-5-7-11-17/h5-14H,3-4,15-16H2,1-2H3. The van der Waals surface area contributed by atoms with Gasteiger partial charge in [-0.2, -0.15) is 5.10 Å². The lowest BCUT2D eigenvalue weighted by molar-refractivity contribution is -0.131. The summed E-state index contributed by atoms with van der Waals surface area (Å²) in [7, 11) is 0. The van der Waals surface area contributed by atoms with Crippen molar-refractivity contribution in [1.82, 2.24) is 19.2 Å². The Kier molecular flexibility index (Phi) is 5.16. The van der Waals surface area contributed by atoms with Gasteiger partial charge in [-0.3, -0.25) is 9.59 Å². The third-order valence-electron chi connectivity index (χ3n) is 5.36. The maximum absolute atomic E-state index is 13.4. The normalized spacial score (nSPS) is 11.2. The van der Waals surface area contributed by atoms with E-state index in [1.807, 2.05) is 73.0 Å². The number of carbonyl (C=O) groups excluding carboxylic acids is 1. The van der Waals surface area contributed by atoms with Gasteiger partial charge < -0.3 is 9.47 Å². The fraction of sp³-hybridized carbons (Fsp3) is 0.261. The molecule has 148 valence electrons. The van der Waals surface area contributed by atoms with Crippen molar-refractivity contribution in [2.24, 2.45) is 0 Å². The summed E-state index contributed by atoms with van der Waals surface area (Å²) in [4.78, 5) is 27.6. The molecule has 0 unspecified atom stereocenters. The van der Waals surface area contributed by atoms with Gasteiger partial charge in [-0.05, 0) is 25.5 Å². The molecule has 0 saturated heterocycles. The van der Waals surface area contributed by atoms with Crippen LogP contribution < -0.4 is 5.56 Å². The number of nitrogens with zero attached hydrogens (tertiary/aromatic N) is 4. The fourth-order valence-electron chi connectivity index (χ4n) is 3.84. The summed E-state index contributed by atoms with van der Waals surface area (Å²) >= 11 is 0. The van der Waals surface area contributed by atoms with E-state index in [9.17, 15) is 9.59 Å². The van der Waals surface area contributed by atoms with Crippen molar-refractivity contribution >= 4 is 27.7 Å². The maximum atomic E-state index is 13.4. The van der Waals surface area contributed by atoms with Gasteiger partial charge in [-0.25, -0.2) is 4.68 Å². The minimum atomic E-state index is -0.241. The molecule has 0 fully saturated rings. The van der Waals surface area contributed by atoms with E-state index in [1.54, 1.807) is 11.1 Å². The van der Waals surface area contributed by atoms with Gasteiger partial charge in [0.2, 0.25) is 5.91 Å². The SMILES string of the molecule is CCN(CC)C(=O)Cn1ncc2c3ccccc3n(Cc3ccccc3)c2c1=O. The average molecular weight is 388 g/mol. The van der Waals surface area contributed by atoms with Crippen LogP contribution in [0.2, 0.25) is 0 Å². The zero-order valence-electron chi connectivity index (χ0n) is 16.7. The van der Waals surface area contributed by atoms with E-state index < -0.39 is 0 Å². The van der Waals surface area contributed by atoms with Crippen molar-refractivity contribution < 1.29 is 4.79 Å². The second-order valence-electron chi connectivity index (χ2n) is 7.02. The van der Waals surface area contributed by atoms with Crippen LogP contribution >= 0.6 is 0 Å². The maximum Gasteiger partial charge on any atom is 0.291 e. The summed E-state index contributed by atoms with van der Waals surface area (Å²) < 4.78 is 3.31. The Morgan fingerprint density at radius 2 is 1.66 bits per heavy atom. The second kappa shape index (κ2) is 7.91. The van der Waals surface area contributed by atoms with Gasteiger partial charge in [0.1, 0.15) is 12.1 Å². The van der Waals surface area contributed by atoms with Crippen LogP contribution in [0.25, 0.3) is 21.8 Å². The highest BCUT2D eigenvalue weighted by Gasteiger charge is 2.18. The molecule has 2 heterocycles. The molecule has 1 amide bonds. The van der Waals surface area contributed by atoms with Crippen LogP contribution in [0, 0.1) is 0 Å². The molecule has 0 aliphatic heterocycles. The number of para-hydroxylation sites is 1. The Balaban J connectivity index is 1.88. The Morgan fingerprint density at radius 1 is 0.966 bits per heavy atom. The van der Waals surface area contributed by atoms with E-state index >= 15 is 0 Å². The molecule has 4 rings (SSSR count). The lowest BCUT2D eigenvalue weighted by Gasteiger charge is -2.18. The third-order valence-corrected chi connectivity index (χ3v) is 5.36. The molecule has 4 aromatic rings. The predicted octanol–water partition coefficient (Wildman–Crippen LogP) is 3.27. The molecule has 2 aromatic carbocycles. The first-order chi connectivity index (χ1) is 14.1. The molecule has 0 saturated carbocycles. The molecule has 0 atom stereocenters. The summed E-state index contributed by atoms with van der Waals surface area (Å²) in [5, 5.41) is 6.12. The van der Waals surface area contributed by atoms with E-state index in [0.717, 1.165) is 21.9 Å². The molecular weight excluding hydrogens is 364 g/mol. The molecule has 0 aliphatic carbocycles. The predicted molar refractivity (Wildman–Crippen MR) is 115 cm³/mol. The lowest BCUT2D eigenvalue weighted by Crippen LogP contribution is -2.37. The van der Waals surface area contributed by atoms with Crippen LogP contribution in [-0.2, 0) is 17.9 Å². The molecule has 0 bridgehead atoms. The number of amides is 1. The number of aromatic nitrogens is 3. The number of carbonyl (C=O) groups is 1. The van der Waals surface area contributed by atoms with Crippen LogP contribution in [-0.4, -0.2) is 38.2 Å². The van der Waals surface area contributed by atoms with E-state index in [4.69, 9.17) is 0 Å². The second-order valence-corrected chi connectivity index (χ2v) is 7.02. The fourth-order valence-corrected chi connectivity index (χ4v) is 3.84. The van der Waals surface area contributed by atoms with Crippen molar-refractivity contribution in [1.29, 1.82) is 0 Å². The number of hydrogen-bond donors (Lipinski definition) is 0. The third kappa shape index (κ3) is 3.42. The number of fused-ring (bicyclic) bond motifs is 3.